The topological polar surface area (TPSA) is 88.6 Å². The molecule has 0 unspecified atom stereocenters. The van der Waals surface area contributed by atoms with Gasteiger partial charge in [0, 0.05) is 29.9 Å². The van der Waals surface area contributed by atoms with E-state index in [0.717, 1.165) is 35.9 Å². The highest BCUT2D eigenvalue weighted by Gasteiger charge is 2.29. The Balaban J connectivity index is 1.69. The average molecular weight is 454 g/mol. The Morgan fingerprint density at radius 3 is 2.59 bits per heavy atom. The minimum Gasteiger partial charge on any atom is -0.492 e. The molecule has 1 amide bonds. The number of benzene rings is 2. The lowest BCUT2D eigenvalue weighted by Gasteiger charge is -2.27. The quantitative estimate of drug-likeness (QED) is 0.599. The molecule has 1 fully saturated rings. The SMILES string of the molecule is CCOc1ccc(NC(=O)c2cc(C)nc3ccccc23)cc1S(=O)(=O)N1CCCCC1. The number of carbonyl (C=O) groups excluding carboxylic acids is 1. The van der Waals surface area contributed by atoms with Gasteiger partial charge in [0.2, 0.25) is 10.0 Å². The second-order valence-electron chi connectivity index (χ2n) is 7.84. The Hall–Kier alpha value is -2.97. The second-order valence-corrected chi connectivity index (χ2v) is 9.75. The molecule has 2 heterocycles. The van der Waals surface area contributed by atoms with E-state index in [1.54, 1.807) is 18.2 Å². The minimum absolute atomic E-state index is 0.0785. The maximum atomic E-state index is 13.3. The predicted molar refractivity (Wildman–Crippen MR) is 125 cm³/mol. The highest BCUT2D eigenvalue weighted by molar-refractivity contribution is 7.89. The van der Waals surface area contributed by atoms with Crippen LogP contribution in [0.1, 0.15) is 42.2 Å². The fourth-order valence-electron chi connectivity index (χ4n) is 4.00. The van der Waals surface area contributed by atoms with Gasteiger partial charge in [-0.15, -0.1) is 0 Å². The van der Waals surface area contributed by atoms with Gasteiger partial charge in [-0.25, -0.2) is 8.42 Å². The molecular weight excluding hydrogens is 426 g/mol. The van der Waals surface area contributed by atoms with Crippen molar-refractivity contribution in [3.8, 4) is 5.75 Å². The fourth-order valence-corrected chi connectivity index (χ4v) is 5.67. The Morgan fingerprint density at radius 2 is 1.84 bits per heavy atom. The number of aryl methyl sites for hydroxylation is 1. The summed E-state index contributed by atoms with van der Waals surface area (Å²) in [6.07, 6.45) is 2.71. The number of sulfonamides is 1. The van der Waals surface area contributed by atoms with Crippen LogP contribution in [0.3, 0.4) is 0 Å². The number of carbonyl (C=O) groups is 1. The third kappa shape index (κ3) is 4.47. The molecule has 1 saturated heterocycles. The van der Waals surface area contributed by atoms with Gasteiger partial charge in [0.1, 0.15) is 10.6 Å². The van der Waals surface area contributed by atoms with E-state index in [1.165, 1.54) is 10.4 Å². The standard InChI is InChI=1S/C24H27N3O4S/c1-3-31-22-12-11-18(16-23(22)32(29,30)27-13-7-4-8-14-27)26-24(28)20-15-17(2)25-21-10-6-5-9-19(20)21/h5-6,9-12,15-16H,3-4,7-8,13-14H2,1-2H3,(H,26,28). The first-order valence-corrected chi connectivity index (χ1v) is 12.3. The third-order valence-electron chi connectivity index (χ3n) is 5.52. The molecule has 32 heavy (non-hydrogen) atoms. The van der Waals surface area contributed by atoms with E-state index in [1.807, 2.05) is 38.1 Å². The zero-order valence-electron chi connectivity index (χ0n) is 18.3. The summed E-state index contributed by atoms with van der Waals surface area (Å²) in [5.74, 6) is -0.0292. The first kappa shape index (κ1) is 22.2. The molecule has 7 nitrogen and oxygen atoms in total. The number of ether oxygens (including phenoxy) is 1. The first-order valence-electron chi connectivity index (χ1n) is 10.8. The van der Waals surface area contributed by atoms with Crippen LogP contribution in [-0.4, -0.2) is 43.3 Å². The number of nitrogens with zero attached hydrogens (tertiary/aromatic N) is 2. The number of nitrogens with one attached hydrogen (secondary N) is 1. The molecular formula is C24H27N3O4S. The van der Waals surface area contributed by atoms with E-state index >= 15 is 0 Å². The van der Waals surface area contributed by atoms with Gasteiger partial charge in [-0.2, -0.15) is 4.31 Å². The van der Waals surface area contributed by atoms with Crippen LogP contribution in [0.4, 0.5) is 5.69 Å². The Morgan fingerprint density at radius 1 is 1.09 bits per heavy atom. The van der Waals surface area contributed by atoms with Gasteiger partial charge in [-0.3, -0.25) is 9.78 Å². The number of hydrogen-bond acceptors (Lipinski definition) is 5. The zero-order valence-corrected chi connectivity index (χ0v) is 19.1. The average Bonchev–Trinajstić information content (AvgIpc) is 2.80. The summed E-state index contributed by atoms with van der Waals surface area (Å²) in [6, 6.07) is 13.9. The van der Waals surface area contributed by atoms with Crippen molar-refractivity contribution in [1.29, 1.82) is 0 Å². The van der Waals surface area contributed by atoms with E-state index in [4.69, 9.17) is 4.74 Å². The molecule has 2 aromatic carbocycles. The van der Waals surface area contributed by atoms with Crippen molar-refractivity contribution >= 4 is 32.5 Å². The lowest BCUT2D eigenvalue weighted by Crippen LogP contribution is -2.35. The molecule has 0 aliphatic carbocycles. The molecule has 0 bridgehead atoms. The highest BCUT2D eigenvalue weighted by atomic mass is 32.2. The third-order valence-corrected chi connectivity index (χ3v) is 7.44. The van der Waals surface area contributed by atoms with Crippen LogP contribution in [0.15, 0.2) is 53.4 Å². The monoisotopic (exact) mass is 453 g/mol. The molecule has 1 aromatic heterocycles. The van der Waals surface area contributed by atoms with Crippen molar-refractivity contribution in [2.45, 2.75) is 38.0 Å². The van der Waals surface area contributed by atoms with Gasteiger partial charge >= 0.3 is 0 Å². The number of hydrogen-bond donors (Lipinski definition) is 1. The van der Waals surface area contributed by atoms with E-state index in [0.29, 0.717) is 36.7 Å². The van der Waals surface area contributed by atoms with Gasteiger partial charge < -0.3 is 10.1 Å². The molecule has 0 spiro atoms. The number of aromatic nitrogens is 1. The molecule has 168 valence electrons. The van der Waals surface area contributed by atoms with Gasteiger partial charge in [-0.1, -0.05) is 24.6 Å². The van der Waals surface area contributed by atoms with Gasteiger partial charge in [-0.05, 0) is 57.0 Å². The summed E-state index contributed by atoms with van der Waals surface area (Å²) in [7, 11) is -3.73. The van der Waals surface area contributed by atoms with Crippen molar-refractivity contribution in [3.63, 3.8) is 0 Å². The van der Waals surface area contributed by atoms with Crippen LogP contribution in [0.25, 0.3) is 10.9 Å². The van der Waals surface area contributed by atoms with Gasteiger partial charge in [0.15, 0.2) is 0 Å². The number of anilines is 1. The minimum atomic E-state index is -3.73. The maximum absolute atomic E-state index is 13.3. The summed E-state index contributed by atoms with van der Waals surface area (Å²) in [5.41, 5.74) is 2.35. The summed E-state index contributed by atoms with van der Waals surface area (Å²) < 4.78 is 33.8. The highest BCUT2D eigenvalue weighted by Crippen LogP contribution is 2.32. The van der Waals surface area contributed by atoms with Crippen LogP contribution in [0.2, 0.25) is 0 Å². The number of para-hydroxylation sites is 1. The first-order chi connectivity index (χ1) is 15.4. The molecule has 0 saturated carbocycles. The Bertz CT molecular complexity index is 1250. The summed E-state index contributed by atoms with van der Waals surface area (Å²) in [6.45, 7) is 4.98. The Labute approximate surface area is 188 Å². The summed E-state index contributed by atoms with van der Waals surface area (Å²) >= 11 is 0. The lowest BCUT2D eigenvalue weighted by atomic mass is 10.1. The summed E-state index contributed by atoms with van der Waals surface area (Å²) in [4.78, 5) is 17.7. The Kier molecular flexibility index (Phi) is 6.43. The molecule has 1 N–H and O–H groups in total. The molecule has 4 rings (SSSR count). The molecule has 8 heteroatoms. The van der Waals surface area contributed by atoms with E-state index in [9.17, 15) is 13.2 Å². The van der Waals surface area contributed by atoms with Crippen molar-refractivity contribution in [3.05, 3.63) is 59.8 Å². The van der Waals surface area contributed by atoms with Gasteiger partial charge in [0.25, 0.3) is 5.91 Å². The molecule has 1 aliphatic rings. The van der Waals surface area contributed by atoms with E-state index in [2.05, 4.69) is 10.3 Å². The van der Waals surface area contributed by atoms with Crippen LogP contribution < -0.4 is 10.1 Å². The maximum Gasteiger partial charge on any atom is 0.256 e. The lowest BCUT2D eigenvalue weighted by molar-refractivity contribution is 0.102. The van der Waals surface area contributed by atoms with E-state index < -0.39 is 10.0 Å². The molecule has 1 aliphatic heterocycles. The number of piperidine rings is 1. The smallest absolute Gasteiger partial charge is 0.256 e. The number of fused-ring (bicyclic) bond motifs is 1. The van der Waals surface area contributed by atoms with Crippen molar-refractivity contribution in [2.24, 2.45) is 0 Å². The van der Waals surface area contributed by atoms with E-state index in [-0.39, 0.29) is 10.8 Å². The predicted octanol–water partition coefficient (Wildman–Crippen LogP) is 4.37. The van der Waals surface area contributed by atoms with Crippen LogP contribution in [0, 0.1) is 6.92 Å². The zero-order chi connectivity index (χ0) is 22.7. The number of pyridine rings is 1. The van der Waals surface area contributed by atoms with Crippen molar-refractivity contribution < 1.29 is 17.9 Å². The molecule has 0 atom stereocenters. The van der Waals surface area contributed by atoms with Gasteiger partial charge in [0.05, 0.1) is 17.7 Å². The molecule has 3 aromatic rings. The second kappa shape index (κ2) is 9.26. The van der Waals surface area contributed by atoms with Crippen LogP contribution >= 0.6 is 0 Å². The number of amides is 1. The molecule has 0 radical (unpaired) electrons. The largest absolute Gasteiger partial charge is 0.492 e. The normalized spacial score (nSPS) is 14.9. The fraction of sp³-hybridized carbons (Fsp3) is 0.333. The van der Waals surface area contributed by atoms with Crippen LogP contribution in [-0.2, 0) is 10.0 Å². The number of rotatable bonds is 6. The van der Waals surface area contributed by atoms with Crippen molar-refractivity contribution in [1.82, 2.24) is 9.29 Å². The summed E-state index contributed by atoms with van der Waals surface area (Å²) in [5, 5.41) is 3.60. The van der Waals surface area contributed by atoms with Crippen molar-refractivity contribution in [2.75, 3.05) is 25.0 Å². The van der Waals surface area contributed by atoms with Crippen LogP contribution in [0.5, 0.6) is 5.75 Å².